The minimum atomic E-state index is -0.424. The lowest BCUT2D eigenvalue weighted by Crippen LogP contribution is -2.35. The number of rotatable bonds is 3. The Morgan fingerprint density at radius 1 is 1.00 bits per heavy atom. The first-order valence-electron chi connectivity index (χ1n) is 7.36. The maximum atomic E-state index is 12.5. The van der Waals surface area contributed by atoms with E-state index in [1.54, 1.807) is 30.3 Å². The second-order valence-corrected chi connectivity index (χ2v) is 6.04. The van der Waals surface area contributed by atoms with Crippen LogP contribution in [0.2, 0.25) is 5.02 Å². The Morgan fingerprint density at radius 3 is 2.21 bits per heavy atom. The van der Waals surface area contributed by atoms with Crippen molar-refractivity contribution < 1.29 is 9.59 Å². The van der Waals surface area contributed by atoms with Gasteiger partial charge in [-0.15, -0.1) is 0 Å². The normalized spacial score (nSPS) is 15.8. The van der Waals surface area contributed by atoms with Crippen LogP contribution < -0.4 is 15.3 Å². The average molecular weight is 342 g/mol. The molecule has 0 bridgehead atoms. The Balaban J connectivity index is 1.87. The van der Waals surface area contributed by atoms with Crippen LogP contribution in [0.5, 0.6) is 0 Å². The summed E-state index contributed by atoms with van der Waals surface area (Å²) in [4.78, 5) is 26.6. The molecule has 1 saturated heterocycles. The van der Waals surface area contributed by atoms with Gasteiger partial charge in [0.2, 0.25) is 0 Å². The molecule has 2 amide bonds. The van der Waals surface area contributed by atoms with Crippen molar-refractivity contribution in [2.75, 3.05) is 24.0 Å². The minimum Gasteiger partial charge on any atom is -0.378 e. The van der Waals surface area contributed by atoms with Gasteiger partial charge in [0, 0.05) is 24.8 Å². The molecule has 2 aromatic carbocycles. The molecule has 0 saturated carbocycles. The minimum absolute atomic E-state index is 0.0996. The Labute approximate surface area is 145 Å². The summed E-state index contributed by atoms with van der Waals surface area (Å²) in [6.45, 7) is 0. The molecular formula is C18H16ClN3O2. The lowest BCUT2D eigenvalue weighted by molar-refractivity contribution is -0.117. The van der Waals surface area contributed by atoms with Crippen LogP contribution in [-0.2, 0) is 9.59 Å². The lowest BCUT2D eigenvalue weighted by atomic mass is 10.1. The summed E-state index contributed by atoms with van der Waals surface area (Å²) in [5, 5.41) is 1.78. The average Bonchev–Trinajstić information content (AvgIpc) is 2.84. The lowest BCUT2D eigenvalue weighted by Gasteiger charge is -2.14. The van der Waals surface area contributed by atoms with Crippen molar-refractivity contribution in [2.24, 2.45) is 0 Å². The number of carbonyl (C=O) groups excluding carboxylic acids is 2. The van der Waals surface area contributed by atoms with Crippen LogP contribution >= 0.6 is 11.6 Å². The first-order valence-corrected chi connectivity index (χ1v) is 7.73. The fraction of sp³-hybridized carbons (Fsp3) is 0.111. The highest BCUT2D eigenvalue weighted by Gasteiger charge is 2.34. The van der Waals surface area contributed by atoms with E-state index in [-0.39, 0.29) is 11.5 Å². The van der Waals surface area contributed by atoms with Crippen LogP contribution in [-0.4, -0.2) is 25.9 Å². The van der Waals surface area contributed by atoms with E-state index < -0.39 is 5.91 Å². The zero-order valence-electron chi connectivity index (χ0n) is 13.3. The standard InChI is InChI=1S/C18H16ClN3O2/c1-21(2)14-7-3-12(4-8-14)11-16-17(23)20-22(18(16)24)15-9-5-13(19)6-10-15/h3-11H,1-2H3,(H,20,23)/b16-11+. The smallest absolute Gasteiger partial charge is 0.282 e. The molecule has 2 aromatic rings. The van der Waals surface area contributed by atoms with Gasteiger partial charge in [0.1, 0.15) is 5.57 Å². The van der Waals surface area contributed by atoms with E-state index in [4.69, 9.17) is 11.6 Å². The molecule has 0 unspecified atom stereocenters. The van der Waals surface area contributed by atoms with Crippen LogP contribution in [0.1, 0.15) is 5.56 Å². The van der Waals surface area contributed by atoms with Crippen molar-refractivity contribution in [3.63, 3.8) is 0 Å². The van der Waals surface area contributed by atoms with E-state index in [1.807, 2.05) is 43.3 Å². The third-order valence-corrected chi connectivity index (χ3v) is 3.95. The molecule has 122 valence electrons. The molecular weight excluding hydrogens is 326 g/mol. The van der Waals surface area contributed by atoms with Crippen molar-refractivity contribution >= 4 is 40.9 Å². The molecule has 3 rings (SSSR count). The quantitative estimate of drug-likeness (QED) is 0.690. The van der Waals surface area contributed by atoms with Crippen molar-refractivity contribution in [3.8, 4) is 0 Å². The van der Waals surface area contributed by atoms with Gasteiger partial charge >= 0.3 is 0 Å². The van der Waals surface area contributed by atoms with Gasteiger partial charge < -0.3 is 4.90 Å². The SMILES string of the molecule is CN(C)c1ccc(/C=C2\C(=O)NN(c3ccc(Cl)cc3)C2=O)cc1. The molecule has 0 atom stereocenters. The van der Waals surface area contributed by atoms with E-state index in [9.17, 15) is 9.59 Å². The zero-order valence-corrected chi connectivity index (χ0v) is 14.0. The van der Waals surface area contributed by atoms with Crippen molar-refractivity contribution in [2.45, 2.75) is 0 Å². The van der Waals surface area contributed by atoms with Gasteiger partial charge in [-0.25, -0.2) is 5.01 Å². The summed E-state index contributed by atoms with van der Waals surface area (Å²) in [6.07, 6.45) is 1.59. The summed E-state index contributed by atoms with van der Waals surface area (Å²) in [5.41, 5.74) is 5.06. The molecule has 0 aromatic heterocycles. The number of nitrogens with zero attached hydrogens (tertiary/aromatic N) is 2. The molecule has 1 fully saturated rings. The van der Waals surface area contributed by atoms with Gasteiger partial charge in [0.25, 0.3) is 11.8 Å². The van der Waals surface area contributed by atoms with Crippen molar-refractivity contribution in [1.82, 2.24) is 5.43 Å². The summed E-state index contributed by atoms with van der Waals surface area (Å²) >= 11 is 5.85. The maximum absolute atomic E-state index is 12.5. The molecule has 5 nitrogen and oxygen atoms in total. The number of hydrogen-bond donors (Lipinski definition) is 1. The monoisotopic (exact) mass is 341 g/mol. The number of hydrogen-bond acceptors (Lipinski definition) is 3. The molecule has 6 heteroatoms. The second-order valence-electron chi connectivity index (χ2n) is 5.60. The topological polar surface area (TPSA) is 52.7 Å². The Hall–Kier alpha value is -2.79. The van der Waals surface area contributed by atoms with E-state index >= 15 is 0 Å². The predicted octanol–water partition coefficient (Wildman–Crippen LogP) is 2.87. The van der Waals surface area contributed by atoms with E-state index in [2.05, 4.69) is 5.43 Å². The summed E-state index contributed by atoms with van der Waals surface area (Å²) in [5.74, 6) is -0.814. The Kier molecular flexibility index (Phi) is 4.27. The number of nitrogens with one attached hydrogen (secondary N) is 1. The molecule has 0 radical (unpaired) electrons. The van der Waals surface area contributed by atoms with Gasteiger partial charge in [-0.2, -0.15) is 0 Å². The van der Waals surface area contributed by atoms with Crippen LogP contribution in [0, 0.1) is 0 Å². The van der Waals surface area contributed by atoms with Crippen molar-refractivity contribution in [3.05, 3.63) is 64.7 Å². The number of benzene rings is 2. The van der Waals surface area contributed by atoms with Crippen LogP contribution in [0.25, 0.3) is 6.08 Å². The number of halogens is 1. The molecule has 0 aliphatic carbocycles. The molecule has 1 N–H and O–H groups in total. The molecule has 1 aliphatic heterocycles. The van der Waals surface area contributed by atoms with E-state index in [0.717, 1.165) is 11.3 Å². The predicted molar refractivity (Wildman–Crippen MR) is 95.8 cm³/mol. The van der Waals surface area contributed by atoms with Gasteiger partial charge in [-0.1, -0.05) is 23.7 Å². The Bertz CT molecular complexity index is 811. The van der Waals surface area contributed by atoms with Gasteiger partial charge in [-0.05, 0) is 48.0 Å². The van der Waals surface area contributed by atoms with Gasteiger partial charge in [0.15, 0.2) is 0 Å². The van der Waals surface area contributed by atoms with Crippen molar-refractivity contribution in [1.29, 1.82) is 0 Å². The van der Waals surface area contributed by atoms with Crippen LogP contribution in [0.4, 0.5) is 11.4 Å². The van der Waals surface area contributed by atoms with Gasteiger partial charge in [0.05, 0.1) is 5.69 Å². The summed E-state index contributed by atoms with van der Waals surface area (Å²) in [7, 11) is 3.90. The van der Waals surface area contributed by atoms with Crippen LogP contribution in [0.15, 0.2) is 54.1 Å². The van der Waals surface area contributed by atoms with E-state index in [0.29, 0.717) is 10.7 Å². The molecule has 0 spiro atoms. The zero-order chi connectivity index (χ0) is 17.3. The fourth-order valence-corrected chi connectivity index (χ4v) is 2.49. The largest absolute Gasteiger partial charge is 0.378 e. The molecule has 1 heterocycles. The van der Waals surface area contributed by atoms with E-state index in [1.165, 1.54) is 5.01 Å². The highest BCUT2D eigenvalue weighted by atomic mass is 35.5. The number of amides is 2. The highest BCUT2D eigenvalue weighted by molar-refractivity contribution is 6.32. The highest BCUT2D eigenvalue weighted by Crippen LogP contribution is 2.23. The van der Waals surface area contributed by atoms with Crippen LogP contribution in [0.3, 0.4) is 0 Å². The second kappa shape index (κ2) is 6.37. The number of hydrazine groups is 1. The molecule has 24 heavy (non-hydrogen) atoms. The summed E-state index contributed by atoms with van der Waals surface area (Å²) < 4.78 is 0. The third-order valence-electron chi connectivity index (χ3n) is 3.70. The number of anilines is 2. The number of carbonyl (C=O) groups is 2. The molecule has 1 aliphatic rings. The first-order chi connectivity index (χ1) is 11.5. The third kappa shape index (κ3) is 3.12. The Morgan fingerprint density at radius 2 is 1.62 bits per heavy atom. The summed E-state index contributed by atoms with van der Waals surface area (Å²) in [6, 6.07) is 14.3. The maximum Gasteiger partial charge on any atom is 0.282 e. The van der Waals surface area contributed by atoms with Gasteiger partial charge in [-0.3, -0.25) is 15.0 Å². The first kappa shape index (κ1) is 16.1. The fourth-order valence-electron chi connectivity index (χ4n) is 2.36.